The third kappa shape index (κ3) is 6.26. The molecule has 3 heterocycles. The Kier molecular flexibility index (Phi) is 8.41. The number of ether oxygens (including phenoxy) is 1. The fraction of sp³-hybridized carbons (Fsp3) is 0.350. The molecule has 0 N–H and O–H groups in total. The highest BCUT2D eigenvalue weighted by Gasteiger charge is 2.24. The molecule has 0 aliphatic carbocycles. The summed E-state index contributed by atoms with van der Waals surface area (Å²) in [6, 6.07) is 23.5. The van der Waals surface area contributed by atoms with E-state index in [4.69, 9.17) is 14.8 Å². The highest BCUT2D eigenvalue weighted by atomic mass is 16.5. The monoisotopic (exact) mass is 613 g/mol. The number of aromatic nitrogens is 3. The third-order valence-electron chi connectivity index (χ3n) is 8.90. The molecule has 0 saturated carbocycles. The molecule has 0 bridgehead atoms. The molecule has 46 heavy (non-hydrogen) atoms. The molecule has 1 aliphatic heterocycles. The largest absolute Gasteiger partial charge is 0.457 e. The van der Waals surface area contributed by atoms with Gasteiger partial charge in [-0.2, -0.15) is 5.10 Å². The maximum absolute atomic E-state index is 6.42. The van der Waals surface area contributed by atoms with Crippen molar-refractivity contribution in [3.63, 3.8) is 0 Å². The zero-order chi connectivity index (χ0) is 32.7. The number of rotatable bonds is 8. The van der Waals surface area contributed by atoms with E-state index in [1.54, 1.807) is 0 Å². The Morgan fingerprint density at radius 2 is 1.48 bits per heavy atom. The molecular weight excluding hydrogens is 566 g/mol. The Balaban J connectivity index is 1.33. The summed E-state index contributed by atoms with van der Waals surface area (Å²) >= 11 is 0. The van der Waals surface area contributed by atoms with Crippen LogP contribution >= 0.6 is 0 Å². The van der Waals surface area contributed by atoms with Crippen LogP contribution in [0.15, 0.2) is 91.5 Å². The van der Waals surface area contributed by atoms with Crippen molar-refractivity contribution in [1.82, 2.24) is 19.7 Å². The maximum atomic E-state index is 6.42. The highest BCUT2D eigenvalue weighted by Crippen LogP contribution is 2.39. The minimum atomic E-state index is 0.0674. The summed E-state index contributed by atoms with van der Waals surface area (Å²) in [5, 5.41) is 5.81. The lowest BCUT2D eigenvalue weighted by atomic mass is 9.82. The van der Waals surface area contributed by atoms with Crippen LogP contribution < -0.4 is 9.64 Å². The topological polar surface area (TPSA) is 46.4 Å². The molecule has 0 amide bonds. The molecular formula is C40H47N5O. The molecule has 0 fully saturated rings. The summed E-state index contributed by atoms with van der Waals surface area (Å²) in [7, 11) is 0. The molecule has 6 nitrogen and oxygen atoms in total. The first-order valence-electron chi connectivity index (χ1n) is 16.5. The average molecular weight is 614 g/mol. The maximum Gasteiger partial charge on any atom is 0.154 e. The normalized spacial score (nSPS) is 13.7. The summed E-state index contributed by atoms with van der Waals surface area (Å²) in [6.07, 6.45) is 8.08. The molecule has 5 aromatic rings. The molecule has 0 unspecified atom stereocenters. The van der Waals surface area contributed by atoms with Gasteiger partial charge in [-0.25, -0.2) is 9.67 Å². The van der Waals surface area contributed by atoms with Crippen molar-refractivity contribution in [1.29, 1.82) is 0 Å². The van der Waals surface area contributed by atoms with Gasteiger partial charge in [0.25, 0.3) is 0 Å². The number of hydrogen-bond donors (Lipinski definition) is 0. The van der Waals surface area contributed by atoms with Crippen molar-refractivity contribution in [3.8, 4) is 28.4 Å². The van der Waals surface area contributed by atoms with Gasteiger partial charge in [-0.3, -0.25) is 0 Å². The van der Waals surface area contributed by atoms with Gasteiger partial charge in [-0.15, -0.1) is 0 Å². The van der Waals surface area contributed by atoms with Crippen LogP contribution in [-0.2, 0) is 0 Å². The molecule has 3 aromatic carbocycles. The van der Waals surface area contributed by atoms with Gasteiger partial charge in [-0.05, 0) is 103 Å². The van der Waals surface area contributed by atoms with E-state index < -0.39 is 0 Å². The van der Waals surface area contributed by atoms with Gasteiger partial charge >= 0.3 is 0 Å². The van der Waals surface area contributed by atoms with Gasteiger partial charge in [0.1, 0.15) is 11.5 Å². The van der Waals surface area contributed by atoms with E-state index in [1.165, 1.54) is 27.8 Å². The van der Waals surface area contributed by atoms with E-state index >= 15 is 0 Å². The number of hydrogen-bond acceptors (Lipinski definition) is 5. The van der Waals surface area contributed by atoms with E-state index in [1.807, 2.05) is 35.3 Å². The van der Waals surface area contributed by atoms with Crippen LogP contribution in [0.4, 0.5) is 5.69 Å². The molecule has 2 aromatic heterocycles. The van der Waals surface area contributed by atoms with E-state index in [0.29, 0.717) is 17.8 Å². The summed E-state index contributed by atoms with van der Waals surface area (Å²) < 4.78 is 8.34. The number of fused-ring (bicyclic) bond motifs is 1. The second-order valence-electron chi connectivity index (χ2n) is 14.4. The van der Waals surface area contributed by atoms with Crippen molar-refractivity contribution in [3.05, 3.63) is 108 Å². The highest BCUT2D eigenvalue weighted by molar-refractivity contribution is 5.82. The predicted octanol–water partition coefficient (Wildman–Crippen LogP) is 10.6. The van der Waals surface area contributed by atoms with E-state index in [-0.39, 0.29) is 5.54 Å². The number of pyridine rings is 1. The van der Waals surface area contributed by atoms with Gasteiger partial charge in [-0.1, -0.05) is 59.7 Å². The first-order chi connectivity index (χ1) is 21.9. The Hall–Kier alpha value is -4.58. The van der Waals surface area contributed by atoms with Crippen molar-refractivity contribution < 1.29 is 4.74 Å². The second-order valence-corrected chi connectivity index (χ2v) is 14.4. The lowest BCUT2D eigenvalue weighted by Crippen LogP contribution is -2.39. The molecule has 0 radical (unpaired) electrons. The smallest absolute Gasteiger partial charge is 0.154 e. The lowest BCUT2D eigenvalue weighted by molar-refractivity contribution is 0.223. The molecule has 1 aliphatic rings. The van der Waals surface area contributed by atoms with Crippen LogP contribution in [0.5, 0.6) is 11.5 Å². The van der Waals surface area contributed by atoms with Crippen molar-refractivity contribution in [2.24, 2.45) is 0 Å². The fourth-order valence-corrected chi connectivity index (χ4v) is 6.11. The zero-order valence-corrected chi connectivity index (χ0v) is 28.7. The summed E-state index contributed by atoms with van der Waals surface area (Å²) in [4.78, 5) is 9.35. The molecule has 0 spiro atoms. The van der Waals surface area contributed by atoms with Crippen molar-refractivity contribution in [2.75, 3.05) is 11.6 Å². The van der Waals surface area contributed by atoms with Crippen LogP contribution in [0.25, 0.3) is 27.8 Å². The Morgan fingerprint density at radius 1 is 0.761 bits per heavy atom. The molecule has 6 rings (SSSR count). The Labute approximate surface area is 274 Å². The Morgan fingerprint density at radius 3 is 2.13 bits per heavy atom. The van der Waals surface area contributed by atoms with Crippen LogP contribution in [-0.4, -0.2) is 31.9 Å². The minimum Gasteiger partial charge on any atom is -0.457 e. The van der Waals surface area contributed by atoms with Gasteiger partial charge < -0.3 is 14.5 Å². The molecule has 0 atom stereocenters. The van der Waals surface area contributed by atoms with Gasteiger partial charge in [0.2, 0.25) is 0 Å². The lowest BCUT2D eigenvalue weighted by Gasteiger charge is -2.33. The predicted molar refractivity (Wildman–Crippen MR) is 191 cm³/mol. The van der Waals surface area contributed by atoms with Gasteiger partial charge in [0.05, 0.1) is 18.4 Å². The van der Waals surface area contributed by atoms with Crippen LogP contribution in [0, 0.1) is 0 Å². The first kappa shape index (κ1) is 31.4. The number of benzene rings is 3. The van der Waals surface area contributed by atoms with Gasteiger partial charge in [0, 0.05) is 47.3 Å². The fourth-order valence-electron chi connectivity index (χ4n) is 6.11. The third-order valence-corrected chi connectivity index (χ3v) is 8.90. The summed E-state index contributed by atoms with van der Waals surface area (Å²) in [5.41, 5.74) is 8.75. The van der Waals surface area contributed by atoms with Crippen LogP contribution in [0.1, 0.15) is 96.8 Å². The van der Waals surface area contributed by atoms with Gasteiger partial charge in [0.15, 0.2) is 5.82 Å². The summed E-state index contributed by atoms with van der Waals surface area (Å²) in [6.45, 7) is 21.2. The average Bonchev–Trinajstić information content (AvgIpc) is 3.69. The summed E-state index contributed by atoms with van der Waals surface area (Å²) in [5.74, 6) is 3.59. The van der Waals surface area contributed by atoms with E-state index in [0.717, 1.165) is 40.6 Å². The standard InChI is InChI=1S/C40H47N5O/c1-26(2)31-19-35(27(3)4)39(36(20-31)28(5)6)29-15-16-41-38(21-29)45-37-23-34(14-13-30(37)24-42-45)46-33-12-10-11-32(22-33)43-17-18-44(25-43)40(7,8)9/h10-24,26-28H,25H2,1-9H3. The number of anilines is 1. The SMILES string of the molecule is CC(C)c1cc(C(C)C)c(-c2ccnc(-n3ncc4ccc(Oc5cccc(N6C=CN(C(C)(C)C)C6)c5)cc43)c2)c(C(C)C)c1. The van der Waals surface area contributed by atoms with E-state index in [2.05, 4.69) is 133 Å². The van der Waals surface area contributed by atoms with E-state index in [9.17, 15) is 0 Å². The molecule has 238 valence electrons. The molecule has 0 saturated heterocycles. The second kappa shape index (κ2) is 12.3. The van der Waals surface area contributed by atoms with Crippen LogP contribution in [0.3, 0.4) is 0 Å². The zero-order valence-electron chi connectivity index (χ0n) is 28.7. The molecule has 6 heteroatoms. The quantitative estimate of drug-likeness (QED) is 0.174. The van der Waals surface area contributed by atoms with Crippen molar-refractivity contribution >= 4 is 16.6 Å². The van der Waals surface area contributed by atoms with Crippen molar-refractivity contribution in [2.45, 2.75) is 85.6 Å². The Bertz CT molecular complexity index is 1860. The van der Waals surface area contributed by atoms with Crippen LogP contribution in [0.2, 0.25) is 0 Å². The minimum absolute atomic E-state index is 0.0674. The first-order valence-corrected chi connectivity index (χ1v) is 16.5. The number of nitrogens with zero attached hydrogens (tertiary/aromatic N) is 5.